The molecule has 3 rings (SSSR count). The van der Waals surface area contributed by atoms with E-state index in [4.69, 9.17) is 0 Å². The average molecular weight is 386 g/mol. The van der Waals surface area contributed by atoms with E-state index in [0.29, 0.717) is 11.3 Å². The van der Waals surface area contributed by atoms with Crippen LogP contribution in [0.3, 0.4) is 0 Å². The molecule has 0 radical (unpaired) electrons. The molecule has 0 saturated heterocycles. The van der Waals surface area contributed by atoms with Gasteiger partial charge in [0, 0.05) is 26.5 Å². The fourth-order valence-corrected chi connectivity index (χ4v) is 4.03. The van der Waals surface area contributed by atoms with Crippen molar-refractivity contribution in [1.29, 1.82) is 0 Å². The van der Waals surface area contributed by atoms with Crippen LogP contribution < -0.4 is 16.0 Å². The van der Waals surface area contributed by atoms with Gasteiger partial charge < -0.3 is 4.57 Å². The monoisotopic (exact) mass is 386 g/mol. The second-order valence-electron chi connectivity index (χ2n) is 5.97. The van der Waals surface area contributed by atoms with E-state index in [2.05, 4.69) is 9.71 Å². The van der Waals surface area contributed by atoms with Gasteiger partial charge in [0.25, 0.3) is 5.56 Å². The average Bonchev–Trinajstić information content (AvgIpc) is 2.68. The summed E-state index contributed by atoms with van der Waals surface area (Å²) in [6.07, 6.45) is 2.58. The van der Waals surface area contributed by atoms with E-state index in [0.717, 1.165) is 15.3 Å². The number of hydrogen-bond donors (Lipinski definition) is 1. The number of aryl methyl sites for hydroxylation is 1. The molecule has 0 spiro atoms. The second-order valence-corrected chi connectivity index (χ2v) is 7.65. The van der Waals surface area contributed by atoms with Gasteiger partial charge in [-0.3, -0.25) is 14.3 Å². The molecule has 27 heavy (non-hydrogen) atoms. The van der Waals surface area contributed by atoms with Gasteiger partial charge in [-0.1, -0.05) is 36.4 Å². The number of aromatic nitrogens is 3. The fraction of sp³-hybridized carbons (Fsp3) is 0.167. The topological polar surface area (TPSA) is 103 Å². The molecule has 2 heterocycles. The SMILES string of the molecule is Cn1cc(S(=O)(=O)N[C@@H](c2ccccc2)c2ccccn2)c(=O)n(C)c1=O. The van der Waals surface area contributed by atoms with Crippen LogP contribution in [0.15, 0.2) is 75.4 Å². The first-order valence-corrected chi connectivity index (χ1v) is 9.54. The Morgan fingerprint density at radius 2 is 1.67 bits per heavy atom. The molecule has 1 N–H and O–H groups in total. The zero-order valence-corrected chi connectivity index (χ0v) is 15.6. The molecule has 1 aromatic carbocycles. The van der Waals surface area contributed by atoms with E-state index in [1.807, 2.05) is 6.07 Å². The Morgan fingerprint density at radius 1 is 1.00 bits per heavy atom. The van der Waals surface area contributed by atoms with Crippen molar-refractivity contribution in [1.82, 2.24) is 18.8 Å². The Bertz CT molecular complexity index is 1130. The number of benzene rings is 1. The van der Waals surface area contributed by atoms with Gasteiger partial charge in [-0.25, -0.2) is 13.2 Å². The molecular formula is C18H18N4O4S. The zero-order chi connectivity index (χ0) is 19.6. The van der Waals surface area contributed by atoms with E-state index >= 15 is 0 Å². The highest BCUT2D eigenvalue weighted by molar-refractivity contribution is 7.89. The Balaban J connectivity index is 2.12. The minimum absolute atomic E-state index is 0.480. The molecule has 0 amide bonds. The molecule has 2 aromatic heterocycles. The number of rotatable bonds is 5. The van der Waals surface area contributed by atoms with Crippen LogP contribution in [-0.2, 0) is 24.1 Å². The van der Waals surface area contributed by atoms with Gasteiger partial charge in [-0.15, -0.1) is 0 Å². The van der Waals surface area contributed by atoms with Gasteiger partial charge in [-0.05, 0) is 17.7 Å². The number of nitrogens with one attached hydrogen (secondary N) is 1. The van der Waals surface area contributed by atoms with Crippen LogP contribution in [0.4, 0.5) is 0 Å². The number of nitrogens with zero attached hydrogens (tertiary/aromatic N) is 3. The molecule has 0 aliphatic carbocycles. The normalized spacial score (nSPS) is 12.7. The lowest BCUT2D eigenvalue weighted by Gasteiger charge is -2.19. The lowest BCUT2D eigenvalue weighted by atomic mass is 10.0. The molecule has 0 aliphatic rings. The van der Waals surface area contributed by atoms with Gasteiger partial charge in [0.15, 0.2) is 4.90 Å². The van der Waals surface area contributed by atoms with Gasteiger partial charge in [0.1, 0.15) is 0 Å². The smallest absolute Gasteiger partial charge is 0.302 e. The molecular weight excluding hydrogens is 368 g/mol. The van der Waals surface area contributed by atoms with Crippen molar-refractivity contribution in [3.05, 3.63) is 93.0 Å². The quantitative estimate of drug-likeness (QED) is 0.690. The van der Waals surface area contributed by atoms with Crippen LogP contribution >= 0.6 is 0 Å². The molecule has 140 valence electrons. The summed E-state index contributed by atoms with van der Waals surface area (Å²) in [6.45, 7) is 0. The number of sulfonamides is 1. The maximum atomic E-state index is 13.0. The van der Waals surface area contributed by atoms with Crippen LogP contribution in [0.2, 0.25) is 0 Å². The molecule has 9 heteroatoms. The highest BCUT2D eigenvalue weighted by atomic mass is 32.2. The van der Waals surface area contributed by atoms with E-state index < -0.39 is 32.2 Å². The largest absolute Gasteiger partial charge is 0.330 e. The molecule has 0 aliphatic heterocycles. The first-order chi connectivity index (χ1) is 12.8. The minimum Gasteiger partial charge on any atom is -0.302 e. The van der Waals surface area contributed by atoms with Crippen molar-refractivity contribution in [2.24, 2.45) is 14.1 Å². The second kappa shape index (κ2) is 7.29. The zero-order valence-electron chi connectivity index (χ0n) is 14.7. The highest BCUT2D eigenvalue weighted by Gasteiger charge is 2.27. The first kappa shape index (κ1) is 18.7. The molecule has 0 fully saturated rings. The van der Waals surface area contributed by atoms with Crippen LogP contribution in [-0.4, -0.2) is 22.5 Å². The summed E-state index contributed by atoms with van der Waals surface area (Å²) in [5, 5.41) is 0. The van der Waals surface area contributed by atoms with Crippen molar-refractivity contribution < 1.29 is 8.42 Å². The summed E-state index contributed by atoms with van der Waals surface area (Å²) in [5.41, 5.74) is -0.350. The predicted molar refractivity (Wildman–Crippen MR) is 99.8 cm³/mol. The highest BCUT2D eigenvalue weighted by Crippen LogP contribution is 2.22. The molecule has 8 nitrogen and oxygen atoms in total. The van der Waals surface area contributed by atoms with Crippen molar-refractivity contribution in [3.63, 3.8) is 0 Å². The van der Waals surface area contributed by atoms with E-state index in [1.54, 1.807) is 48.7 Å². The lowest BCUT2D eigenvalue weighted by Crippen LogP contribution is -2.42. The van der Waals surface area contributed by atoms with Crippen LogP contribution in [0.1, 0.15) is 17.3 Å². The standard InChI is InChI=1S/C18H18N4O4S/c1-21-12-15(17(23)22(2)18(21)24)27(25,26)20-16(13-8-4-3-5-9-13)14-10-6-7-11-19-14/h3-12,16,20H,1-2H3/t16-/m0/s1. The van der Waals surface area contributed by atoms with E-state index in [-0.39, 0.29) is 0 Å². The minimum atomic E-state index is -4.23. The van der Waals surface area contributed by atoms with Crippen LogP contribution in [0, 0.1) is 0 Å². The van der Waals surface area contributed by atoms with E-state index in [9.17, 15) is 18.0 Å². The maximum Gasteiger partial charge on any atom is 0.330 e. The number of pyridine rings is 1. The molecule has 1 atom stereocenters. The van der Waals surface area contributed by atoms with Crippen molar-refractivity contribution in [2.45, 2.75) is 10.9 Å². The van der Waals surface area contributed by atoms with Crippen molar-refractivity contribution >= 4 is 10.0 Å². The summed E-state index contributed by atoms with van der Waals surface area (Å²) in [4.78, 5) is 27.9. The Hall–Kier alpha value is -3.04. The van der Waals surface area contributed by atoms with Crippen molar-refractivity contribution in [2.75, 3.05) is 0 Å². The van der Waals surface area contributed by atoms with E-state index in [1.165, 1.54) is 14.1 Å². The van der Waals surface area contributed by atoms with Crippen LogP contribution in [0.5, 0.6) is 0 Å². The third-order valence-electron chi connectivity index (χ3n) is 4.09. The van der Waals surface area contributed by atoms with Gasteiger partial charge in [0.05, 0.1) is 11.7 Å². The predicted octanol–water partition coefficient (Wildman–Crippen LogP) is 0.547. The van der Waals surface area contributed by atoms with Crippen molar-refractivity contribution in [3.8, 4) is 0 Å². The fourth-order valence-electron chi connectivity index (χ4n) is 2.67. The summed E-state index contributed by atoms with van der Waals surface area (Å²) >= 11 is 0. The summed E-state index contributed by atoms with van der Waals surface area (Å²) < 4.78 is 30.3. The lowest BCUT2D eigenvalue weighted by molar-refractivity contribution is 0.560. The molecule has 3 aromatic rings. The summed E-state index contributed by atoms with van der Waals surface area (Å²) in [5.74, 6) is 0. The third kappa shape index (κ3) is 3.74. The molecule has 0 bridgehead atoms. The van der Waals surface area contributed by atoms with Gasteiger partial charge in [-0.2, -0.15) is 4.72 Å². The van der Waals surface area contributed by atoms with Crippen LogP contribution in [0.25, 0.3) is 0 Å². The maximum absolute atomic E-state index is 13.0. The van der Waals surface area contributed by atoms with Gasteiger partial charge in [0.2, 0.25) is 10.0 Å². The number of hydrogen-bond acceptors (Lipinski definition) is 5. The summed E-state index contributed by atoms with van der Waals surface area (Å²) in [6, 6.07) is 13.3. The molecule has 0 unspecified atom stereocenters. The Morgan fingerprint density at radius 3 is 2.30 bits per heavy atom. The Kier molecular flexibility index (Phi) is 5.06. The third-order valence-corrected chi connectivity index (χ3v) is 5.50. The first-order valence-electron chi connectivity index (χ1n) is 8.06. The molecule has 0 saturated carbocycles. The van der Waals surface area contributed by atoms with Gasteiger partial charge >= 0.3 is 5.69 Å². The Labute approximate surface area is 155 Å². The summed E-state index contributed by atoms with van der Waals surface area (Å²) in [7, 11) is -1.61.